The van der Waals surface area contributed by atoms with Crippen LogP contribution >= 0.6 is 0 Å². The normalized spacial score (nSPS) is 40.8. The smallest absolute Gasteiger partial charge is 0.126 e. The minimum atomic E-state index is -0.221. The Morgan fingerprint density at radius 3 is 2.92 bits per heavy atom. The molecule has 1 aromatic carbocycles. The fourth-order valence-corrected chi connectivity index (χ4v) is 6.48. The Hall–Kier alpha value is -0.930. The second-order valence-corrected chi connectivity index (χ2v) is 8.56. The molecule has 2 saturated carbocycles. The van der Waals surface area contributed by atoms with Gasteiger partial charge in [0.15, 0.2) is 0 Å². The first kappa shape index (κ1) is 16.5. The van der Waals surface area contributed by atoms with Crippen molar-refractivity contribution >= 4 is 0 Å². The van der Waals surface area contributed by atoms with Crippen molar-refractivity contribution in [3.63, 3.8) is 0 Å². The highest BCUT2D eigenvalue weighted by atomic mass is 19.1. The van der Waals surface area contributed by atoms with E-state index in [1.165, 1.54) is 5.56 Å². The summed E-state index contributed by atoms with van der Waals surface area (Å²) in [5.41, 5.74) is 2.18. The van der Waals surface area contributed by atoms with Crippen LogP contribution in [0.2, 0.25) is 0 Å². The van der Waals surface area contributed by atoms with Gasteiger partial charge in [0.05, 0.1) is 6.10 Å². The van der Waals surface area contributed by atoms with Crippen LogP contribution in [0.25, 0.3) is 0 Å². The van der Waals surface area contributed by atoms with Crippen LogP contribution < -0.4 is 0 Å². The average Bonchev–Trinajstić information content (AvgIpc) is 2.84. The summed E-state index contributed by atoms with van der Waals surface area (Å²) in [6.45, 7) is 2.51. The second kappa shape index (κ2) is 6.10. The van der Waals surface area contributed by atoms with Crippen molar-refractivity contribution in [2.75, 3.05) is 6.61 Å². The van der Waals surface area contributed by atoms with Crippen LogP contribution in [0.5, 0.6) is 0 Å². The minimum absolute atomic E-state index is 0.00607. The Labute approximate surface area is 144 Å². The molecule has 0 radical (unpaired) electrons. The predicted molar refractivity (Wildman–Crippen MR) is 92.2 cm³/mol. The molecule has 3 heteroatoms. The van der Waals surface area contributed by atoms with Crippen LogP contribution in [0.4, 0.5) is 4.39 Å². The predicted octanol–water partition coefficient (Wildman–Crippen LogP) is 4.04. The topological polar surface area (TPSA) is 40.5 Å². The van der Waals surface area contributed by atoms with Gasteiger partial charge in [-0.15, -0.1) is 0 Å². The molecule has 3 aliphatic carbocycles. The van der Waals surface area contributed by atoms with Gasteiger partial charge in [-0.2, -0.15) is 0 Å². The van der Waals surface area contributed by atoms with E-state index >= 15 is 0 Å². The lowest BCUT2D eigenvalue weighted by atomic mass is 9.53. The molecule has 2 nitrogen and oxygen atoms in total. The number of benzene rings is 1. The number of rotatable bonds is 3. The lowest BCUT2D eigenvalue weighted by molar-refractivity contribution is -0.0309. The third kappa shape index (κ3) is 2.35. The highest BCUT2D eigenvalue weighted by molar-refractivity contribution is 5.36. The molecule has 3 aliphatic rings. The van der Waals surface area contributed by atoms with Gasteiger partial charge in [0.25, 0.3) is 0 Å². The molecule has 0 spiro atoms. The molecule has 0 saturated heterocycles. The summed E-state index contributed by atoms with van der Waals surface area (Å²) >= 11 is 0. The molecular weight excluding hydrogens is 303 g/mol. The molecule has 6 atom stereocenters. The Morgan fingerprint density at radius 2 is 2.12 bits per heavy atom. The first-order valence-electron chi connectivity index (χ1n) is 9.62. The highest BCUT2D eigenvalue weighted by Crippen LogP contribution is 2.63. The van der Waals surface area contributed by atoms with E-state index in [2.05, 4.69) is 13.0 Å². The van der Waals surface area contributed by atoms with E-state index in [4.69, 9.17) is 0 Å². The average molecular weight is 332 g/mol. The SMILES string of the molecule is C[C@]12CCC3c4cccc(F)c4CCC3C1[C@H](CCCO)CC2O. The maximum Gasteiger partial charge on any atom is 0.126 e. The van der Waals surface area contributed by atoms with Gasteiger partial charge in [-0.3, -0.25) is 0 Å². The Balaban J connectivity index is 1.68. The summed E-state index contributed by atoms with van der Waals surface area (Å²) in [4.78, 5) is 0. The van der Waals surface area contributed by atoms with E-state index in [0.29, 0.717) is 23.7 Å². The van der Waals surface area contributed by atoms with E-state index in [1.807, 2.05) is 6.07 Å². The fraction of sp³-hybridized carbons (Fsp3) is 0.714. The number of halogens is 1. The van der Waals surface area contributed by atoms with Gasteiger partial charge in [-0.05, 0) is 91.2 Å². The van der Waals surface area contributed by atoms with E-state index in [9.17, 15) is 14.6 Å². The van der Waals surface area contributed by atoms with Crippen LogP contribution in [-0.2, 0) is 6.42 Å². The number of fused-ring (bicyclic) bond motifs is 5. The summed E-state index contributed by atoms with van der Waals surface area (Å²) in [6, 6.07) is 5.58. The zero-order valence-electron chi connectivity index (χ0n) is 14.5. The molecule has 0 aromatic heterocycles. The zero-order chi connectivity index (χ0) is 16.9. The first-order valence-corrected chi connectivity index (χ1v) is 9.62. The second-order valence-electron chi connectivity index (χ2n) is 8.56. The third-order valence-electron chi connectivity index (χ3n) is 7.54. The van der Waals surface area contributed by atoms with Crippen molar-refractivity contribution in [1.29, 1.82) is 0 Å². The molecule has 132 valence electrons. The molecule has 0 heterocycles. The summed E-state index contributed by atoms with van der Waals surface area (Å²) in [6.07, 6.45) is 6.46. The lowest BCUT2D eigenvalue weighted by Gasteiger charge is -2.51. The van der Waals surface area contributed by atoms with Gasteiger partial charge in [-0.25, -0.2) is 4.39 Å². The number of aliphatic hydroxyl groups excluding tert-OH is 2. The van der Waals surface area contributed by atoms with Crippen molar-refractivity contribution in [2.45, 2.75) is 63.9 Å². The lowest BCUT2D eigenvalue weighted by Crippen LogP contribution is -2.45. The molecule has 4 rings (SSSR count). The molecule has 0 amide bonds. The van der Waals surface area contributed by atoms with Crippen LogP contribution in [0, 0.1) is 29.0 Å². The quantitative estimate of drug-likeness (QED) is 0.877. The summed E-state index contributed by atoms with van der Waals surface area (Å²) in [7, 11) is 0. The van der Waals surface area contributed by atoms with Crippen LogP contribution in [-0.4, -0.2) is 22.9 Å². The van der Waals surface area contributed by atoms with Crippen molar-refractivity contribution < 1.29 is 14.6 Å². The first-order chi connectivity index (χ1) is 11.6. The van der Waals surface area contributed by atoms with Gasteiger partial charge in [0, 0.05) is 6.61 Å². The highest BCUT2D eigenvalue weighted by Gasteiger charge is 2.58. The van der Waals surface area contributed by atoms with Gasteiger partial charge in [0.2, 0.25) is 0 Å². The molecule has 24 heavy (non-hydrogen) atoms. The summed E-state index contributed by atoms with van der Waals surface area (Å²) in [5.74, 6) is 1.97. The molecule has 2 fully saturated rings. The Bertz CT molecular complexity index is 616. The van der Waals surface area contributed by atoms with Crippen LogP contribution in [0.3, 0.4) is 0 Å². The van der Waals surface area contributed by atoms with Gasteiger partial charge < -0.3 is 10.2 Å². The van der Waals surface area contributed by atoms with Gasteiger partial charge >= 0.3 is 0 Å². The van der Waals surface area contributed by atoms with Crippen molar-refractivity contribution in [1.82, 2.24) is 0 Å². The monoisotopic (exact) mass is 332 g/mol. The summed E-state index contributed by atoms with van der Waals surface area (Å²) < 4.78 is 14.2. The molecule has 4 unspecified atom stereocenters. The van der Waals surface area contributed by atoms with E-state index in [-0.39, 0.29) is 23.9 Å². The van der Waals surface area contributed by atoms with Crippen molar-refractivity contribution in [2.24, 2.45) is 23.2 Å². The Kier molecular flexibility index (Phi) is 4.20. The van der Waals surface area contributed by atoms with Crippen molar-refractivity contribution in [3.05, 3.63) is 35.1 Å². The maximum atomic E-state index is 14.2. The van der Waals surface area contributed by atoms with E-state index < -0.39 is 0 Å². The van der Waals surface area contributed by atoms with E-state index in [0.717, 1.165) is 50.5 Å². The van der Waals surface area contributed by atoms with Crippen molar-refractivity contribution in [3.8, 4) is 0 Å². The molecule has 0 bridgehead atoms. The fourth-order valence-electron chi connectivity index (χ4n) is 6.48. The van der Waals surface area contributed by atoms with E-state index in [1.54, 1.807) is 6.07 Å². The Morgan fingerprint density at radius 1 is 1.29 bits per heavy atom. The van der Waals surface area contributed by atoms with Gasteiger partial charge in [-0.1, -0.05) is 19.1 Å². The molecule has 1 aromatic rings. The zero-order valence-corrected chi connectivity index (χ0v) is 14.5. The van der Waals surface area contributed by atoms with Crippen LogP contribution in [0.15, 0.2) is 18.2 Å². The molecule has 2 N–H and O–H groups in total. The van der Waals surface area contributed by atoms with Gasteiger partial charge in [0.1, 0.15) is 5.82 Å². The number of aliphatic hydroxyl groups is 2. The third-order valence-corrected chi connectivity index (χ3v) is 7.54. The maximum absolute atomic E-state index is 14.2. The number of hydrogen-bond donors (Lipinski definition) is 2. The standard InChI is InChI=1S/C21H29FO2/c1-21-10-9-15-14-5-2-6-18(22)16(14)7-8-17(15)20(21)13(4-3-11-23)12-19(21)24/h2,5-6,13,15,17,19-20,23-24H,3-4,7-12H2,1H3/t13-,15?,17?,19?,20?,21-/m1/s1. The largest absolute Gasteiger partial charge is 0.396 e. The number of hydrogen-bond acceptors (Lipinski definition) is 2. The molecule has 0 aliphatic heterocycles. The molecular formula is C21H29FO2. The van der Waals surface area contributed by atoms with Crippen LogP contribution in [0.1, 0.15) is 62.5 Å². The minimum Gasteiger partial charge on any atom is -0.396 e. The summed E-state index contributed by atoms with van der Waals surface area (Å²) in [5, 5.41) is 20.0.